The maximum atomic E-state index is 3.09. The predicted molar refractivity (Wildman–Crippen MR) is 86.7 cm³/mol. The van der Waals surface area contributed by atoms with Crippen LogP contribution in [0.15, 0.2) is 18.7 Å². The van der Waals surface area contributed by atoms with Crippen LogP contribution < -0.4 is 4.57 Å². The van der Waals surface area contributed by atoms with Crippen LogP contribution in [-0.4, -0.2) is 4.98 Å². The van der Waals surface area contributed by atoms with Crippen molar-refractivity contribution in [3.63, 3.8) is 0 Å². The number of aromatic nitrogens is 2. The molecule has 116 valence electrons. The molecule has 1 aromatic rings. The van der Waals surface area contributed by atoms with Gasteiger partial charge in [-0.05, 0) is 12.8 Å². The molecule has 0 atom stereocenters. The van der Waals surface area contributed by atoms with Gasteiger partial charge < -0.3 is 0 Å². The lowest BCUT2D eigenvalue weighted by Gasteiger charge is -2.02. The first kappa shape index (κ1) is 17.3. The van der Waals surface area contributed by atoms with Crippen LogP contribution in [0, 0.1) is 0 Å². The van der Waals surface area contributed by atoms with Gasteiger partial charge in [0.25, 0.3) is 0 Å². The zero-order chi connectivity index (χ0) is 14.3. The average molecular weight is 279 g/mol. The summed E-state index contributed by atoms with van der Waals surface area (Å²) in [6.45, 7) is 3.46. The third kappa shape index (κ3) is 10.1. The minimum absolute atomic E-state index is 1.17. The largest absolute Gasteiger partial charge is 0.250 e. The summed E-state index contributed by atoms with van der Waals surface area (Å²) in [4.78, 5) is 3.09. The number of rotatable bonds is 14. The van der Waals surface area contributed by atoms with Gasteiger partial charge in [0.1, 0.15) is 12.4 Å². The zero-order valence-corrected chi connectivity index (χ0v) is 13.6. The summed E-state index contributed by atoms with van der Waals surface area (Å²) in [5.74, 6) is 0. The molecule has 2 heteroatoms. The summed E-state index contributed by atoms with van der Waals surface area (Å²) in [7, 11) is 0. The van der Waals surface area contributed by atoms with Crippen molar-refractivity contribution in [3.05, 3.63) is 18.7 Å². The molecule has 1 heterocycles. The van der Waals surface area contributed by atoms with E-state index in [2.05, 4.69) is 22.7 Å². The predicted octanol–water partition coefficient (Wildman–Crippen LogP) is 5.39. The summed E-state index contributed by atoms with van der Waals surface area (Å²) in [6, 6.07) is 0. The summed E-state index contributed by atoms with van der Waals surface area (Å²) in [5.41, 5.74) is 0. The van der Waals surface area contributed by atoms with Crippen molar-refractivity contribution >= 4 is 0 Å². The fourth-order valence-electron chi connectivity index (χ4n) is 2.77. The van der Waals surface area contributed by atoms with Gasteiger partial charge >= 0.3 is 0 Å². The van der Waals surface area contributed by atoms with Crippen LogP contribution in [-0.2, 0) is 6.54 Å². The van der Waals surface area contributed by atoms with Crippen molar-refractivity contribution in [1.82, 2.24) is 4.98 Å². The molecule has 0 aliphatic carbocycles. The minimum atomic E-state index is 1.17. The Labute approximate surface area is 126 Å². The van der Waals surface area contributed by atoms with E-state index in [1.54, 1.807) is 0 Å². The summed E-state index contributed by atoms with van der Waals surface area (Å²) in [5, 5.41) is 0. The second-order valence-electron chi connectivity index (χ2n) is 6.09. The first-order valence-electron chi connectivity index (χ1n) is 8.95. The number of aryl methyl sites for hydroxylation is 1. The van der Waals surface area contributed by atoms with Gasteiger partial charge in [0.15, 0.2) is 0 Å². The van der Waals surface area contributed by atoms with E-state index in [1.165, 1.54) is 90.0 Å². The first-order chi connectivity index (χ1) is 9.93. The molecular weight excluding hydrogens is 244 g/mol. The third-order valence-electron chi connectivity index (χ3n) is 4.12. The lowest BCUT2D eigenvalue weighted by atomic mass is 10.0. The molecule has 0 aliphatic rings. The average Bonchev–Trinajstić information content (AvgIpc) is 2.97. The Morgan fingerprint density at radius 2 is 1.20 bits per heavy atom. The Morgan fingerprint density at radius 3 is 1.65 bits per heavy atom. The fourth-order valence-corrected chi connectivity index (χ4v) is 2.77. The number of aromatic amines is 1. The molecule has 0 saturated carbocycles. The molecular formula is C18H35N2+. The van der Waals surface area contributed by atoms with Crippen LogP contribution in [0.1, 0.15) is 90.4 Å². The van der Waals surface area contributed by atoms with Crippen LogP contribution in [0.25, 0.3) is 0 Å². The highest BCUT2D eigenvalue weighted by Crippen LogP contribution is 2.12. The molecule has 0 unspecified atom stereocenters. The standard InChI is InChI=1S/C18H34N2/c1-2-3-4-5-6-7-8-9-10-11-12-13-14-16-20-17-15-19-18-20/h15,17-18H,2-14,16H2,1H3/p+1. The number of nitrogens with one attached hydrogen (secondary N) is 1. The van der Waals surface area contributed by atoms with Gasteiger partial charge in [-0.15, -0.1) is 0 Å². The van der Waals surface area contributed by atoms with Crippen molar-refractivity contribution in [2.75, 3.05) is 0 Å². The van der Waals surface area contributed by atoms with Crippen LogP contribution >= 0.6 is 0 Å². The Morgan fingerprint density at radius 1 is 0.700 bits per heavy atom. The van der Waals surface area contributed by atoms with Crippen molar-refractivity contribution in [2.45, 2.75) is 96.9 Å². The van der Waals surface area contributed by atoms with Crippen LogP contribution in [0.2, 0.25) is 0 Å². The smallest absolute Gasteiger partial charge is 0.241 e. The molecule has 0 bridgehead atoms. The van der Waals surface area contributed by atoms with E-state index in [0.717, 1.165) is 0 Å². The van der Waals surface area contributed by atoms with Gasteiger partial charge in [-0.25, -0.2) is 4.57 Å². The van der Waals surface area contributed by atoms with E-state index in [0.29, 0.717) is 0 Å². The number of nitrogens with zero attached hydrogens (tertiary/aromatic N) is 1. The van der Waals surface area contributed by atoms with E-state index in [4.69, 9.17) is 0 Å². The van der Waals surface area contributed by atoms with Crippen molar-refractivity contribution in [3.8, 4) is 0 Å². The van der Waals surface area contributed by atoms with Crippen molar-refractivity contribution in [2.24, 2.45) is 0 Å². The molecule has 0 spiro atoms. The molecule has 0 fully saturated rings. The second-order valence-corrected chi connectivity index (χ2v) is 6.09. The molecule has 20 heavy (non-hydrogen) atoms. The molecule has 0 radical (unpaired) electrons. The van der Waals surface area contributed by atoms with Gasteiger partial charge in [-0.1, -0.05) is 77.6 Å². The van der Waals surface area contributed by atoms with Gasteiger partial charge in [0.2, 0.25) is 6.33 Å². The highest BCUT2D eigenvalue weighted by molar-refractivity contribution is 4.55. The topological polar surface area (TPSA) is 19.7 Å². The van der Waals surface area contributed by atoms with E-state index < -0.39 is 0 Å². The normalized spacial score (nSPS) is 11.1. The van der Waals surface area contributed by atoms with Crippen LogP contribution in [0.4, 0.5) is 0 Å². The summed E-state index contributed by atoms with van der Waals surface area (Å²) >= 11 is 0. The minimum Gasteiger partial charge on any atom is -0.250 e. The molecule has 0 aliphatic heterocycles. The highest BCUT2D eigenvalue weighted by atomic mass is 15.0. The SMILES string of the molecule is CCCCCCCCCCCCCCC[n+]1cc[nH]c1. The maximum Gasteiger partial charge on any atom is 0.241 e. The zero-order valence-electron chi connectivity index (χ0n) is 13.6. The number of H-pyrrole nitrogens is 1. The Hall–Kier alpha value is -0.790. The van der Waals surface area contributed by atoms with E-state index in [1.807, 2.05) is 12.5 Å². The third-order valence-corrected chi connectivity index (χ3v) is 4.12. The second kappa shape index (κ2) is 13.2. The summed E-state index contributed by atoms with van der Waals surface area (Å²) < 4.78 is 2.23. The maximum absolute atomic E-state index is 3.09. The molecule has 0 amide bonds. The molecule has 0 aromatic carbocycles. The molecule has 1 aromatic heterocycles. The van der Waals surface area contributed by atoms with Crippen LogP contribution in [0.3, 0.4) is 0 Å². The first-order valence-corrected chi connectivity index (χ1v) is 8.95. The molecule has 2 nitrogen and oxygen atoms in total. The van der Waals surface area contributed by atoms with E-state index >= 15 is 0 Å². The molecule has 0 saturated heterocycles. The van der Waals surface area contributed by atoms with Gasteiger partial charge in [0, 0.05) is 0 Å². The van der Waals surface area contributed by atoms with Gasteiger partial charge in [-0.3, -0.25) is 4.98 Å². The Bertz CT molecular complexity index is 280. The number of unbranched alkanes of at least 4 members (excludes halogenated alkanes) is 12. The van der Waals surface area contributed by atoms with Crippen molar-refractivity contribution < 1.29 is 4.57 Å². The number of hydrogen-bond acceptors (Lipinski definition) is 0. The number of imidazole rings is 1. The number of hydrogen-bond donors (Lipinski definition) is 1. The quantitative estimate of drug-likeness (QED) is 0.348. The van der Waals surface area contributed by atoms with Gasteiger partial charge in [-0.2, -0.15) is 0 Å². The molecule has 1 rings (SSSR count). The van der Waals surface area contributed by atoms with Crippen LogP contribution in [0.5, 0.6) is 0 Å². The summed E-state index contributed by atoms with van der Waals surface area (Å²) in [6.07, 6.45) is 24.7. The van der Waals surface area contributed by atoms with E-state index in [9.17, 15) is 0 Å². The van der Waals surface area contributed by atoms with Crippen molar-refractivity contribution in [1.29, 1.82) is 0 Å². The molecule has 1 N–H and O–H groups in total. The lowest BCUT2D eigenvalue weighted by molar-refractivity contribution is -0.696. The lowest BCUT2D eigenvalue weighted by Crippen LogP contribution is -2.30. The monoisotopic (exact) mass is 279 g/mol. The fraction of sp³-hybridized carbons (Fsp3) is 0.833. The Kier molecular flexibility index (Phi) is 11.4. The highest BCUT2D eigenvalue weighted by Gasteiger charge is 1.97. The van der Waals surface area contributed by atoms with E-state index in [-0.39, 0.29) is 0 Å². The van der Waals surface area contributed by atoms with Gasteiger partial charge in [0.05, 0.1) is 6.54 Å². The Balaban J connectivity index is 1.70.